The molecule has 0 aliphatic rings. The lowest BCUT2D eigenvalue weighted by atomic mass is 10.1. The molecule has 2 aromatic rings. The molecule has 0 saturated heterocycles. The van der Waals surface area contributed by atoms with E-state index >= 15 is 0 Å². The van der Waals surface area contributed by atoms with E-state index in [1.54, 1.807) is 24.4 Å². The molecule has 0 unspecified atom stereocenters. The Balaban J connectivity index is 2.49. The Morgan fingerprint density at radius 2 is 2.00 bits per heavy atom. The van der Waals surface area contributed by atoms with E-state index in [1.807, 2.05) is 6.92 Å². The number of pyridine rings is 1. The number of aliphatic hydroxyl groups is 1. The van der Waals surface area contributed by atoms with Crippen LogP contribution < -0.4 is 5.56 Å². The van der Waals surface area contributed by atoms with E-state index in [0.29, 0.717) is 10.0 Å². The van der Waals surface area contributed by atoms with Crippen molar-refractivity contribution in [2.75, 3.05) is 0 Å². The summed E-state index contributed by atoms with van der Waals surface area (Å²) in [5.41, 5.74) is 1.28. The molecule has 3 nitrogen and oxygen atoms in total. The van der Waals surface area contributed by atoms with Crippen molar-refractivity contribution in [3.8, 4) is 0 Å². The second kappa shape index (κ2) is 5.67. The fourth-order valence-corrected chi connectivity index (χ4v) is 2.40. The Labute approximate surface area is 118 Å². The average molecular weight is 326 g/mol. The van der Waals surface area contributed by atoms with Crippen molar-refractivity contribution in [2.24, 2.45) is 0 Å². The highest BCUT2D eigenvalue weighted by Crippen LogP contribution is 2.18. The van der Waals surface area contributed by atoms with Crippen LogP contribution in [0.15, 0.2) is 45.8 Å². The Kier molecular flexibility index (Phi) is 4.17. The van der Waals surface area contributed by atoms with Crippen LogP contribution in [-0.4, -0.2) is 9.67 Å². The van der Waals surface area contributed by atoms with Gasteiger partial charge in [-0.15, -0.1) is 0 Å². The van der Waals surface area contributed by atoms with Crippen LogP contribution in [-0.2, 0) is 6.61 Å². The van der Waals surface area contributed by atoms with Crippen molar-refractivity contribution >= 4 is 15.9 Å². The molecule has 1 aromatic heterocycles. The van der Waals surface area contributed by atoms with Gasteiger partial charge in [-0.2, -0.15) is 0 Å². The Hall–Kier alpha value is -1.46. The molecule has 0 bridgehead atoms. The summed E-state index contributed by atoms with van der Waals surface area (Å²) in [4.78, 5) is 12.1. The quantitative estimate of drug-likeness (QED) is 0.942. The number of aliphatic hydroxyl groups excluding tert-OH is 1. The van der Waals surface area contributed by atoms with Gasteiger partial charge in [0.25, 0.3) is 5.56 Å². The second-order valence-electron chi connectivity index (χ2n) is 4.29. The smallest absolute Gasteiger partial charge is 0.265 e. The summed E-state index contributed by atoms with van der Waals surface area (Å²) < 4.78 is 14.8. The van der Waals surface area contributed by atoms with Gasteiger partial charge in [-0.05, 0) is 52.2 Å². The Morgan fingerprint density at radius 3 is 2.58 bits per heavy atom. The fraction of sp³-hybridized carbons (Fsp3) is 0.214. The molecule has 100 valence electrons. The first-order valence-electron chi connectivity index (χ1n) is 5.80. The van der Waals surface area contributed by atoms with Gasteiger partial charge in [0.1, 0.15) is 5.82 Å². The van der Waals surface area contributed by atoms with Crippen molar-refractivity contribution in [3.63, 3.8) is 0 Å². The first kappa shape index (κ1) is 14.0. The van der Waals surface area contributed by atoms with Crippen LogP contribution in [0.4, 0.5) is 4.39 Å². The van der Waals surface area contributed by atoms with Gasteiger partial charge in [0.2, 0.25) is 0 Å². The molecule has 0 fully saturated rings. The molecular formula is C14H13BrFNO2. The van der Waals surface area contributed by atoms with E-state index in [-0.39, 0.29) is 24.0 Å². The first-order chi connectivity index (χ1) is 9.02. The lowest BCUT2D eigenvalue weighted by Crippen LogP contribution is -2.24. The second-order valence-corrected chi connectivity index (χ2v) is 5.15. The number of nitrogens with zero attached hydrogens (tertiary/aromatic N) is 1. The van der Waals surface area contributed by atoms with Crippen molar-refractivity contribution in [1.29, 1.82) is 0 Å². The van der Waals surface area contributed by atoms with E-state index in [0.717, 1.165) is 5.56 Å². The molecule has 2 rings (SSSR count). The zero-order valence-electron chi connectivity index (χ0n) is 10.3. The Morgan fingerprint density at radius 1 is 1.37 bits per heavy atom. The molecular weight excluding hydrogens is 313 g/mol. The number of hydrogen-bond donors (Lipinski definition) is 1. The van der Waals surface area contributed by atoms with Crippen molar-refractivity contribution < 1.29 is 9.50 Å². The van der Waals surface area contributed by atoms with Crippen LogP contribution in [0.25, 0.3) is 0 Å². The zero-order chi connectivity index (χ0) is 14.0. The van der Waals surface area contributed by atoms with Gasteiger partial charge in [0, 0.05) is 6.20 Å². The van der Waals surface area contributed by atoms with Crippen LogP contribution in [0.1, 0.15) is 24.1 Å². The van der Waals surface area contributed by atoms with Gasteiger partial charge >= 0.3 is 0 Å². The van der Waals surface area contributed by atoms with Gasteiger partial charge in [-0.25, -0.2) is 4.39 Å². The largest absolute Gasteiger partial charge is 0.392 e. The average Bonchev–Trinajstić information content (AvgIpc) is 2.41. The summed E-state index contributed by atoms with van der Waals surface area (Å²) in [7, 11) is 0. The summed E-state index contributed by atoms with van der Waals surface area (Å²) in [6.07, 6.45) is 1.61. The molecule has 0 spiro atoms. The van der Waals surface area contributed by atoms with E-state index in [2.05, 4.69) is 15.9 Å². The normalized spacial score (nSPS) is 12.4. The molecule has 1 N–H and O–H groups in total. The van der Waals surface area contributed by atoms with Gasteiger partial charge in [-0.1, -0.05) is 12.1 Å². The monoisotopic (exact) mass is 325 g/mol. The van der Waals surface area contributed by atoms with E-state index in [1.165, 1.54) is 16.7 Å². The third-order valence-corrected chi connectivity index (χ3v) is 3.58. The lowest BCUT2D eigenvalue weighted by Gasteiger charge is -2.17. The molecule has 0 radical (unpaired) electrons. The highest BCUT2D eigenvalue weighted by molar-refractivity contribution is 9.10. The molecule has 5 heteroatoms. The third-order valence-electron chi connectivity index (χ3n) is 3.01. The predicted molar refractivity (Wildman–Crippen MR) is 74.5 cm³/mol. The first-order valence-corrected chi connectivity index (χ1v) is 6.59. The Bertz CT molecular complexity index is 637. The minimum Gasteiger partial charge on any atom is -0.392 e. The highest BCUT2D eigenvalue weighted by Gasteiger charge is 2.12. The molecule has 1 atom stereocenters. The minimum atomic E-state index is -0.311. The highest BCUT2D eigenvalue weighted by atomic mass is 79.9. The molecule has 19 heavy (non-hydrogen) atoms. The number of halogens is 2. The van der Waals surface area contributed by atoms with Crippen molar-refractivity contribution in [1.82, 2.24) is 4.57 Å². The fourth-order valence-electron chi connectivity index (χ4n) is 1.90. The van der Waals surface area contributed by atoms with Crippen LogP contribution >= 0.6 is 15.9 Å². The SMILES string of the molecule is C[C@@H](c1ccc(F)cc1)n1cc(CO)cc(Br)c1=O. The van der Waals surface area contributed by atoms with Crippen LogP contribution in [0, 0.1) is 5.82 Å². The van der Waals surface area contributed by atoms with E-state index in [4.69, 9.17) is 0 Å². The minimum absolute atomic E-state index is 0.144. The maximum Gasteiger partial charge on any atom is 0.265 e. The number of benzene rings is 1. The van der Waals surface area contributed by atoms with Gasteiger partial charge in [-0.3, -0.25) is 4.79 Å². The topological polar surface area (TPSA) is 42.2 Å². The molecule has 0 aliphatic heterocycles. The molecule has 1 heterocycles. The maximum absolute atomic E-state index is 12.9. The number of aromatic nitrogens is 1. The lowest BCUT2D eigenvalue weighted by molar-refractivity contribution is 0.280. The maximum atomic E-state index is 12.9. The molecule has 0 saturated carbocycles. The van der Waals surface area contributed by atoms with Crippen molar-refractivity contribution in [3.05, 3.63) is 68.3 Å². The standard InChI is InChI=1S/C14H13BrFNO2/c1-9(11-2-4-12(16)5-3-11)17-7-10(8-18)6-13(15)14(17)19/h2-7,9,18H,8H2,1H3/t9-/m0/s1. The van der Waals surface area contributed by atoms with E-state index in [9.17, 15) is 14.3 Å². The molecule has 0 aliphatic carbocycles. The summed E-state index contributed by atoms with van der Waals surface area (Å²) >= 11 is 3.19. The zero-order valence-corrected chi connectivity index (χ0v) is 11.9. The van der Waals surface area contributed by atoms with Gasteiger partial charge in [0.05, 0.1) is 17.1 Å². The van der Waals surface area contributed by atoms with Crippen LogP contribution in [0.3, 0.4) is 0 Å². The van der Waals surface area contributed by atoms with Crippen molar-refractivity contribution in [2.45, 2.75) is 19.6 Å². The van der Waals surface area contributed by atoms with Gasteiger partial charge < -0.3 is 9.67 Å². The number of hydrogen-bond acceptors (Lipinski definition) is 2. The van der Waals surface area contributed by atoms with E-state index < -0.39 is 0 Å². The summed E-state index contributed by atoms with van der Waals surface area (Å²) in [5, 5.41) is 9.18. The number of rotatable bonds is 3. The van der Waals surface area contributed by atoms with Gasteiger partial charge in [0.15, 0.2) is 0 Å². The summed E-state index contributed by atoms with van der Waals surface area (Å²) in [5.74, 6) is -0.311. The predicted octanol–water partition coefficient (Wildman–Crippen LogP) is 2.85. The molecule has 1 aromatic carbocycles. The van der Waals surface area contributed by atoms with Crippen LogP contribution in [0.2, 0.25) is 0 Å². The van der Waals surface area contributed by atoms with Crippen LogP contribution in [0.5, 0.6) is 0 Å². The summed E-state index contributed by atoms with van der Waals surface area (Å²) in [6, 6.07) is 7.37. The molecule has 0 amide bonds. The summed E-state index contributed by atoms with van der Waals surface area (Å²) in [6.45, 7) is 1.71. The third kappa shape index (κ3) is 2.93.